The van der Waals surface area contributed by atoms with Crippen LogP contribution in [0.2, 0.25) is 0 Å². The Kier molecular flexibility index (Phi) is 4.45. The van der Waals surface area contributed by atoms with Gasteiger partial charge in [-0.2, -0.15) is 0 Å². The minimum absolute atomic E-state index is 0.0623. The average Bonchev–Trinajstić information content (AvgIpc) is 2.57. The van der Waals surface area contributed by atoms with Crippen molar-refractivity contribution in [1.29, 1.82) is 0 Å². The highest BCUT2D eigenvalue weighted by Gasteiger charge is 2.16. The van der Waals surface area contributed by atoms with E-state index in [1.807, 2.05) is 33.8 Å². The first-order valence-electron chi connectivity index (χ1n) is 8.14. The van der Waals surface area contributed by atoms with E-state index < -0.39 is 5.63 Å². The van der Waals surface area contributed by atoms with Gasteiger partial charge in [-0.1, -0.05) is 6.07 Å². The van der Waals surface area contributed by atoms with Crippen LogP contribution in [0, 0.1) is 27.7 Å². The summed E-state index contributed by atoms with van der Waals surface area (Å²) in [6.07, 6.45) is 0. The van der Waals surface area contributed by atoms with Crippen molar-refractivity contribution in [3.05, 3.63) is 74.6 Å². The van der Waals surface area contributed by atoms with Crippen LogP contribution < -0.4 is 10.4 Å². The minimum atomic E-state index is -0.415. The molecule has 1 heterocycles. The molecule has 0 radical (unpaired) electrons. The lowest BCUT2D eigenvalue weighted by molar-refractivity contribution is 0.0920. The molecule has 0 atom stereocenters. The van der Waals surface area contributed by atoms with Gasteiger partial charge in [0.25, 0.3) is 0 Å². The molecule has 0 bridgehead atoms. The van der Waals surface area contributed by atoms with Crippen molar-refractivity contribution in [3.63, 3.8) is 0 Å². The van der Waals surface area contributed by atoms with Gasteiger partial charge in [0, 0.05) is 23.1 Å². The predicted molar refractivity (Wildman–Crippen MR) is 97.7 cm³/mol. The van der Waals surface area contributed by atoms with Crippen LogP contribution in [0.3, 0.4) is 0 Å². The number of Topliss-reactive ketones (excluding diaryl/α,β-unsaturated/α-hetero) is 1. The van der Waals surface area contributed by atoms with Gasteiger partial charge in [0.1, 0.15) is 11.3 Å². The second kappa shape index (κ2) is 6.55. The first-order valence-corrected chi connectivity index (χ1v) is 8.14. The lowest BCUT2D eigenvalue weighted by atomic mass is 9.92. The molecule has 3 aromatic rings. The molecule has 4 nitrogen and oxygen atoms in total. The number of benzene rings is 2. The number of carbonyl (C=O) groups excluding carboxylic acids is 1. The van der Waals surface area contributed by atoms with E-state index in [0.717, 1.165) is 27.6 Å². The Morgan fingerprint density at radius 3 is 2.44 bits per heavy atom. The van der Waals surface area contributed by atoms with Gasteiger partial charge in [0.05, 0.1) is 0 Å². The second-order valence-electron chi connectivity index (χ2n) is 6.30. The highest BCUT2D eigenvalue weighted by Crippen LogP contribution is 2.23. The van der Waals surface area contributed by atoms with E-state index in [1.165, 1.54) is 11.6 Å². The highest BCUT2D eigenvalue weighted by atomic mass is 16.5. The van der Waals surface area contributed by atoms with Crippen molar-refractivity contribution < 1.29 is 13.9 Å². The van der Waals surface area contributed by atoms with Gasteiger partial charge in [-0.15, -0.1) is 0 Å². The SMILES string of the molecule is Cc1cc(C)c(C(=O)COc2ccc3ccc(=O)oc3c2)c(C)c1C. The zero-order valence-corrected chi connectivity index (χ0v) is 14.8. The third-order valence-corrected chi connectivity index (χ3v) is 4.60. The third-order valence-electron chi connectivity index (χ3n) is 4.60. The van der Waals surface area contributed by atoms with E-state index in [4.69, 9.17) is 9.15 Å². The largest absolute Gasteiger partial charge is 0.485 e. The molecule has 1 aromatic heterocycles. The Balaban J connectivity index is 1.83. The smallest absolute Gasteiger partial charge is 0.336 e. The van der Waals surface area contributed by atoms with Crippen molar-refractivity contribution in [3.8, 4) is 5.75 Å². The van der Waals surface area contributed by atoms with Gasteiger partial charge < -0.3 is 9.15 Å². The molecule has 0 aliphatic carbocycles. The summed E-state index contributed by atoms with van der Waals surface area (Å²) in [5.41, 5.74) is 5.00. The average molecular weight is 336 g/mol. The van der Waals surface area contributed by atoms with Gasteiger partial charge in [0.15, 0.2) is 6.61 Å². The van der Waals surface area contributed by atoms with Crippen LogP contribution in [0.4, 0.5) is 0 Å². The van der Waals surface area contributed by atoms with Gasteiger partial charge in [-0.05, 0) is 68.1 Å². The number of hydrogen-bond donors (Lipinski definition) is 0. The summed E-state index contributed by atoms with van der Waals surface area (Å²) in [6, 6.07) is 10.3. The highest BCUT2D eigenvalue weighted by molar-refractivity contribution is 6.00. The standard InChI is InChI=1S/C21H20O4/c1-12-9-13(2)21(15(4)14(12)3)18(22)11-24-17-7-5-16-6-8-20(23)25-19(16)10-17/h5-10H,11H2,1-4H3. The first kappa shape index (κ1) is 17.0. The second-order valence-corrected chi connectivity index (χ2v) is 6.30. The zero-order chi connectivity index (χ0) is 18.1. The Morgan fingerprint density at radius 2 is 1.68 bits per heavy atom. The summed E-state index contributed by atoms with van der Waals surface area (Å²) in [7, 11) is 0. The molecule has 0 saturated carbocycles. The fourth-order valence-corrected chi connectivity index (χ4v) is 3.07. The van der Waals surface area contributed by atoms with Crippen LogP contribution >= 0.6 is 0 Å². The predicted octanol–water partition coefficient (Wildman–Crippen LogP) is 4.29. The maximum Gasteiger partial charge on any atom is 0.336 e. The first-order chi connectivity index (χ1) is 11.9. The maximum absolute atomic E-state index is 12.6. The molecular weight excluding hydrogens is 316 g/mol. The molecule has 3 rings (SSSR count). The van der Waals surface area contributed by atoms with E-state index in [2.05, 4.69) is 0 Å². The van der Waals surface area contributed by atoms with Crippen molar-refractivity contribution in [1.82, 2.24) is 0 Å². The van der Waals surface area contributed by atoms with Crippen LogP contribution in [0.5, 0.6) is 5.75 Å². The quantitative estimate of drug-likeness (QED) is 0.527. The van der Waals surface area contributed by atoms with E-state index in [0.29, 0.717) is 11.3 Å². The molecular formula is C21H20O4. The Morgan fingerprint density at radius 1 is 0.960 bits per heavy atom. The van der Waals surface area contributed by atoms with E-state index >= 15 is 0 Å². The Labute approximate surface area is 146 Å². The summed E-state index contributed by atoms with van der Waals surface area (Å²) in [5, 5.41) is 0.805. The third kappa shape index (κ3) is 3.33. The molecule has 0 aliphatic rings. The lowest BCUT2D eigenvalue weighted by Crippen LogP contribution is -2.15. The van der Waals surface area contributed by atoms with Crippen LogP contribution in [-0.4, -0.2) is 12.4 Å². The Bertz CT molecular complexity index is 1030. The number of carbonyl (C=O) groups is 1. The van der Waals surface area contributed by atoms with Crippen LogP contribution in [-0.2, 0) is 0 Å². The topological polar surface area (TPSA) is 56.5 Å². The summed E-state index contributed by atoms with van der Waals surface area (Å²) in [5.74, 6) is 0.432. The van der Waals surface area contributed by atoms with Crippen molar-refractivity contribution in [2.24, 2.45) is 0 Å². The fraction of sp³-hybridized carbons (Fsp3) is 0.238. The normalized spacial score (nSPS) is 10.9. The molecule has 25 heavy (non-hydrogen) atoms. The molecule has 0 saturated heterocycles. The van der Waals surface area contributed by atoms with E-state index in [-0.39, 0.29) is 12.4 Å². The summed E-state index contributed by atoms with van der Waals surface area (Å²) >= 11 is 0. The fourth-order valence-electron chi connectivity index (χ4n) is 3.07. The summed E-state index contributed by atoms with van der Waals surface area (Å²) < 4.78 is 10.8. The monoisotopic (exact) mass is 336 g/mol. The van der Waals surface area contributed by atoms with Gasteiger partial charge >= 0.3 is 5.63 Å². The van der Waals surface area contributed by atoms with Crippen LogP contribution in [0.15, 0.2) is 45.6 Å². The summed E-state index contributed by atoms with van der Waals surface area (Å²) in [4.78, 5) is 24.0. The van der Waals surface area contributed by atoms with Gasteiger partial charge in [-0.3, -0.25) is 4.79 Å². The zero-order valence-electron chi connectivity index (χ0n) is 14.8. The number of ether oxygens (including phenoxy) is 1. The van der Waals surface area contributed by atoms with Crippen molar-refractivity contribution >= 4 is 16.8 Å². The molecule has 0 unspecified atom stereocenters. The number of rotatable bonds is 4. The van der Waals surface area contributed by atoms with Crippen LogP contribution in [0.25, 0.3) is 11.0 Å². The molecule has 0 amide bonds. The number of ketones is 1. The summed E-state index contributed by atoms with van der Waals surface area (Å²) in [6.45, 7) is 7.91. The van der Waals surface area contributed by atoms with E-state index in [9.17, 15) is 9.59 Å². The molecule has 0 fully saturated rings. The molecule has 0 spiro atoms. The lowest BCUT2D eigenvalue weighted by Gasteiger charge is -2.14. The van der Waals surface area contributed by atoms with Gasteiger partial charge in [-0.25, -0.2) is 4.79 Å². The van der Waals surface area contributed by atoms with E-state index in [1.54, 1.807) is 24.3 Å². The molecule has 0 N–H and O–H groups in total. The number of hydrogen-bond acceptors (Lipinski definition) is 4. The molecule has 4 heteroatoms. The van der Waals surface area contributed by atoms with Crippen LogP contribution in [0.1, 0.15) is 32.6 Å². The number of fused-ring (bicyclic) bond motifs is 1. The Hall–Kier alpha value is -2.88. The maximum atomic E-state index is 12.6. The number of aryl methyl sites for hydroxylation is 2. The minimum Gasteiger partial charge on any atom is -0.485 e. The molecule has 128 valence electrons. The van der Waals surface area contributed by atoms with Gasteiger partial charge in [0.2, 0.25) is 5.78 Å². The molecule has 2 aromatic carbocycles. The molecule has 0 aliphatic heterocycles. The van der Waals surface area contributed by atoms with Crippen molar-refractivity contribution in [2.75, 3.05) is 6.61 Å². The van der Waals surface area contributed by atoms with Crippen molar-refractivity contribution in [2.45, 2.75) is 27.7 Å².